The average molecular weight is 280 g/mol. The van der Waals surface area contributed by atoms with Gasteiger partial charge in [-0.05, 0) is 24.8 Å². The minimum absolute atomic E-state index is 0.00329. The Bertz CT molecular complexity index is 743. The van der Waals surface area contributed by atoms with Gasteiger partial charge in [-0.25, -0.2) is 0 Å². The lowest BCUT2D eigenvalue weighted by Crippen LogP contribution is -2.15. The summed E-state index contributed by atoms with van der Waals surface area (Å²) in [6.07, 6.45) is 3.16. The molecule has 0 aliphatic heterocycles. The summed E-state index contributed by atoms with van der Waals surface area (Å²) in [5.74, 6) is 1.41. The molecule has 2 aliphatic rings. The molecule has 0 saturated heterocycles. The zero-order valence-corrected chi connectivity index (χ0v) is 11.6. The maximum Gasteiger partial charge on any atom is 0.171 e. The summed E-state index contributed by atoms with van der Waals surface area (Å²) >= 11 is 0. The Morgan fingerprint density at radius 3 is 2.86 bits per heavy atom. The van der Waals surface area contributed by atoms with Crippen molar-refractivity contribution < 1.29 is 9.32 Å². The first-order valence-electron chi connectivity index (χ1n) is 7.31. The van der Waals surface area contributed by atoms with Gasteiger partial charge in [0.25, 0.3) is 0 Å². The van der Waals surface area contributed by atoms with Crippen molar-refractivity contribution in [2.24, 2.45) is 0 Å². The summed E-state index contributed by atoms with van der Waals surface area (Å²) in [7, 11) is 0. The maximum atomic E-state index is 12.4. The lowest BCUT2D eigenvalue weighted by Gasteiger charge is -2.19. The number of carbonyl (C=O) groups is 1. The quantitative estimate of drug-likeness (QED) is 0.917. The number of ketones is 1. The zero-order valence-electron chi connectivity index (χ0n) is 11.6. The number of nitrogen functional groups attached to an aromatic ring is 1. The third-order valence-electron chi connectivity index (χ3n) is 4.47. The highest BCUT2D eigenvalue weighted by molar-refractivity contribution is 6.08. The minimum Gasteiger partial charge on any atom is -0.381 e. The van der Waals surface area contributed by atoms with Crippen molar-refractivity contribution >= 4 is 17.2 Å². The van der Waals surface area contributed by atoms with Gasteiger partial charge in [-0.3, -0.25) is 4.79 Å². The monoisotopic (exact) mass is 280 g/mol. The second-order valence-corrected chi connectivity index (χ2v) is 5.72. The summed E-state index contributed by atoms with van der Waals surface area (Å²) in [5.41, 5.74) is 10.0. The molecule has 4 nitrogen and oxygen atoms in total. The van der Waals surface area contributed by atoms with Crippen LogP contribution in [0.4, 0.5) is 5.82 Å². The summed E-state index contributed by atoms with van der Waals surface area (Å²) in [4.78, 5) is 12.4. The summed E-state index contributed by atoms with van der Waals surface area (Å²) in [6, 6.07) is 10.2. The Morgan fingerprint density at radius 2 is 2.05 bits per heavy atom. The van der Waals surface area contributed by atoms with Crippen molar-refractivity contribution in [2.75, 3.05) is 5.73 Å². The van der Waals surface area contributed by atoms with Crippen molar-refractivity contribution in [2.45, 2.75) is 31.6 Å². The molecule has 2 aromatic rings. The van der Waals surface area contributed by atoms with E-state index < -0.39 is 0 Å². The zero-order chi connectivity index (χ0) is 14.4. The number of benzene rings is 1. The molecular weight excluding hydrogens is 264 g/mol. The summed E-state index contributed by atoms with van der Waals surface area (Å²) < 4.78 is 5.41. The van der Waals surface area contributed by atoms with Gasteiger partial charge in [0.05, 0.1) is 5.56 Å². The molecule has 2 N–H and O–H groups in total. The van der Waals surface area contributed by atoms with E-state index in [0.29, 0.717) is 12.2 Å². The van der Waals surface area contributed by atoms with Crippen molar-refractivity contribution in [1.29, 1.82) is 0 Å². The average Bonchev–Trinajstić information content (AvgIpc) is 3.01. The van der Waals surface area contributed by atoms with Crippen molar-refractivity contribution in [3.8, 4) is 0 Å². The molecular formula is C17H16N2O2. The molecule has 1 aromatic heterocycles. The van der Waals surface area contributed by atoms with E-state index in [-0.39, 0.29) is 11.7 Å². The van der Waals surface area contributed by atoms with Crippen LogP contribution in [0, 0.1) is 0 Å². The van der Waals surface area contributed by atoms with E-state index in [9.17, 15) is 4.79 Å². The van der Waals surface area contributed by atoms with Crippen LogP contribution in [0.25, 0.3) is 5.57 Å². The van der Waals surface area contributed by atoms with Gasteiger partial charge in [0.1, 0.15) is 0 Å². The van der Waals surface area contributed by atoms with Gasteiger partial charge in [-0.2, -0.15) is 0 Å². The fourth-order valence-corrected chi connectivity index (χ4v) is 3.57. The third kappa shape index (κ3) is 1.82. The van der Waals surface area contributed by atoms with E-state index in [1.807, 2.05) is 18.2 Å². The molecule has 21 heavy (non-hydrogen) atoms. The van der Waals surface area contributed by atoms with E-state index in [2.05, 4.69) is 17.3 Å². The van der Waals surface area contributed by atoms with Crippen LogP contribution in [0.3, 0.4) is 0 Å². The van der Waals surface area contributed by atoms with Crippen LogP contribution in [-0.2, 0) is 11.2 Å². The second-order valence-electron chi connectivity index (χ2n) is 5.72. The molecule has 0 spiro atoms. The predicted molar refractivity (Wildman–Crippen MR) is 79.6 cm³/mol. The lowest BCUT2D eigenvalue weighted by molar-refractivity contribution is -0.116. The topological polar surface area (TPSA) is 69.1 Å². The first-order valence-corrected chi connectivity index (χ1v) is 7.31. The van der Waals surface area contributed by atoms with E-state index in [0.717, 1.165) is 41.7 Å². The Labute approximate surface area is 122 Å². The molecule has 4 rings (SSSR count). The summed E-state index contributed by atoms with van der Waals surface area (Å²) in [5, 5.41) is 3.90. The van der Waals surface area contributed by atoms with Crippen molar-refractivity contribution in [3.05, 3.63) is 52.8 Å². The van der Waals surface area contributed by atoms with Gasteiger partial charge in [-0.1, -0.05) is 35.5 Å². The van der Waals surface area contributed by atoms with Crippen molar-refractivity contribution in [3.63, 3.8) is 0 Å². The smallest absolute Gasteiger partial charge is 0.171 e. The normalized spacial score (nSPS) is 20.6. The lowest BCUT2D eigenvalue weighted by atomic mass is 9.83. The fourth-order valence-electron chi connectivity index (χ4n) is 3.57. The molecule has 0 saturated carbocycles. The van der Waals surface area contributed by atoms with E-state index in [4.69, 9.17) is 10.3 Å². The van der Waals surface area contributed by atoms with Gasteiger partial charge >= 0.3 is 0 Å². The van der Waals surface area contributed by atoms with Crippen molar-refractivity contribution in [1.82, 2.24) is 5.16 Å². The van der Waals surface area contributed by atoms with E-state index in [1.54, 1.807) is 0 Å². The van der Waals surface area contributed by atoms with Crippen LogP contribution in [-0.4, -0.2) is 10.9 Å². The molecule has 4 heteroatoms. The standard InChI is InChI=1S/C17H16N2O2/c18-17-15-12(9-10-5-2-1-3-6-10)14-11(16(15)21-19-17)7-4-8-13(14)20/h1-3,5-6,12H,4,7-9H2,(H2,18,19)/t12-/m1/s1. The highest BCUT2D eigenvalue weighted by Crippen LogP contribution is 2.50. The van der Waals surface area contributed by atoms with Crippen LogP contribution in [0.15, 0.2) is 40.4 Å². The molecule has 0 bridgehead atoms. The number of nitrogens with two attached hydrogens (primary N) is 1. The number of aromatic nitrogens is 1. The van der Waals surface area contributed by atoms with Crippen LogP contribution >= 0.6 is 0 Å². The first-order chi connectivity index (χ1) is 10.3. The highest BCUT2D eigenvalue weighted by atomic mass is 16.5. The SMILES string of the molecule is Nc1noc2c1[C@H](Cc1ccccc1)C1=C2CCCC1=O. The molecule has 0 amide bonds. The number of Topliss-reactive ketones (excluding diaryl/α,β-unsaturated/α-hetero) is 1. The van der Waals surface area contributed by atoms with E-state index in [1.165, 1.54) is 5.56 Å². The molecule has 0 unspecified atom stereocenters. The van der Waals surface area contributed by atoms with Gasteiger partial charge in [-0.15, -0.1) is 0 Å². The van der Waals surface area contributed by atoms with Crippen LogP contribution in [0.5, 0.6) is 0 Å². The Hall–Kier alpha value is -2.36. The fraction of sp³-hybridized carbons (Fsp3) is 0.294. The number of allylic oxidation sites excluding steroid dienone is 2. The van der Waals surface area contributed by atoms with Crippen LogP contribution < -0.4 is 5.73 Å². The minimum atomic E-state index is -0.00329. The highest BCUT2D eigenvalue weighted by Gasteiger charge is 2.41. The van der Waals surface area contributed by atoms with Gasteiger partial charge in [0, 0.05) is 23.5 Å². The molecule has 2 aliphatic carbocycles. The Balaban J connectivity index is 1.82. The number of anilines is 1. The number of rotatable bonds is 2. The van der Waals surface area contributed by atoms with Gasteiger partial charge in [0.2, 0.25) is 0 Å². The number of carbonyl (C=O) groups excluding carboxylic acids is 1. The first kappa shape index (κ1) is 12.4. The number of hydrogen-bond donors (Lipinski definition) is 1. The number of nitrogens with zero attached hydrogens (tertiary/aromatic N) is 1. The van der Waals surface area contributed by atoms with Crippen LogP contribution in [0.1, 0.15) is 42.1 Å². The molecule has 1 heterocycles. The number of fused-ring (bicyclic) bond motifs is 2. The third-order valence-corrected chi connectivity index (χ3v) is 4.47. The Morgan fingerprint density at radius 1 is 1.24 bits per heavy atom. The molecule has 106 valence electrons. The predicted octanol–water partition coefficient (Wildman–Crippen LogP) is 3.10. The second kappa shape index (κ2) is 4.58. The molecule has 1 atom stereocenters. The number of hydrogen-bond acceptors (Lipinski definition) is 4. The van der Waals surface area contributed by atoms with E-state index >= 15 is 0 Å². The summed E-state index contributed by atoms with van der Waals surface area (Å²) in [6.45, 7) is 0. The largest absolute Gasteiger partial charge is 0.381 e. The van der Waals surface area contributed by atoms with Gasteiger partial charge in [0.15, 0.2) is 17.4 Å². The maximum absolute atomic E-state index is 12.4. The van der Waals surface area contributed by atoms with Gasteiger partial charge < -0.3 is 10.3 Å². The molecule has 0 fully saturated rings. The molecule has 0 radical (unpaired) electrons. The van der Waals surface area contributed by atoms with Crippen LogP contribution in [0.2, 0.25) is 0 Å². The molecule has 1 aromatic carbocycles. The Kier molecular flexibility index (Phi) is 2.70.